The predicted molar refractivity (Wildman–Crippen MR) is 101 cm³/mol. The van der Waals surface area contributed by atoms with Gasteiger partial charge in [0.1, 0.15) is 24.5 Å². The van der Waals surface area contributed by atoms with Crippen LogP contribution in [0.4, 0.5) is 0 Å². The Morgan fingerprint density at radius 1 is 1.21 bits per heavy atom. The lowest BCUT2D eigenvalue weighted by Gasteiger charge is -2.24. The maximum absolute atomic E-state index is 12.9. The van der Waals surface area contributed by atoms with Gasteiger partial charge in [-0.1, -0.05) is 0 Å². The number of pyridine rings is 2. The van der Waals surface area contributed by atoms with Gasteiger partial charge in [-0.2, -0.15) is 0 Å². The number of carbonyl (C=O) groups is 2. The first-order valence-electron chi connectivity index (χ1n) is 8.63. The third kappa shape index (κ3) is 3.00. The number of H-pyrrole nitrogens is 1. The van der Waals surface area contributed by atoms with Crippen LogP contribution in [0.3, 0.4) is 0 Å². The van der Waals surface area contributed by atoms with Crippen LogP contribution in [0.25, 0.3) is 22.0 Å². The summed E-state index contributed by atoms with van der Waals surface area (Å²) in [4.78, 5) is 49.8. The van der Waals surface area contributed by atoms with E-state index in [0.717, 1.165) is 0 Å². The first-order valence-corrected chi connectivity index (χ1v) is 8.63. The number of amides is 1. The molecule has 0 spiro atoms. The molecule has 0 radical (unpaired) electrons. The highest BCUT2D eigenvalue weighted by molar-refractivity contribution is 6.05. The minimum absolute atomic E-state index is 0.150. The monoisotopic (exact) mass is 397 g/mol. The largest absolute Gasteiger partial charge is 0.506 e. The summed E-state index contributed by atoms with van der Waals surface area (Å²) in [6, 6.07) is 6.14. The van der Waals surface area contributed by atoms with Crippen molar-refractivity contribution >= 4 is 22.8 Å². The summed E-state index contributed by atoms with van der Waals surface area (Å²) >= 11 is 0. The second kappa shape index (κ2) is 6.82. The fourth-order valence-corrected chi connectivity index (χ4v) is 3.36. The molecule has 1 aromatic carbocycles. The molecule has 0 saturated heterocycles. The van der Waals surface area contributed by atoms with Gasteiger partial charge in [0.15, 0.2) is 5.75 Å². The Morgan fingerprint density at radius 3 is 2.69 bits per heavy atom. The summed E-state index contributed by atoms with van der Waals surface area (Å²) in [7, 11) is 0. The molecule has 1 aliphatic rings. The van der Waals surface area contributed by atoms with Crippen LogP contribution >= 0.6 is 0 Å². The number of aromatic hydroxyl groups is 1. The molecule has 10 heteroatoms. The highest BCUT2D eigenvalue weighted by atomic mass is 16.5. The van der Waals surface area contributed by atoms with E-state index in [1.807, 2.05) is 0 Å². The van der Waals surface area contributed by atoms with Gasteiger partial charge in [0.05, 0.1) is 12.1 Å². The summed E-state index contributed by atoms with van der Waals surface area (Å²) in [6.07, 6.45) is 1.51. The van der Waals surface area contributed by atoms with E-state index in [4.69, 9.17) is 9.84 Å². The van der Waals surface area contributed by atoms with Crippen LogP contribution in [0.1, 0.15) is 10.4 Å². The number of nitrogens with zero attached hydrogens (tertiary/aromatic N) is 1. The number of hydrogen-bond donors (Lipinski definition) is 4. The zero-order chi connectivity index (χ0) is 20.7. The summed E-state index contributed by atoms with van der Waals surface area (Å²) in [5, 5.41) is 21.6. The van der Waals surface area contributed by atoms with Crippen LogP contribution in [0.5, 0.6) is 11.5 Å². The number of carboxylic acids is 1. The molecule has 10 nitrogen and oxygen atoms in total. The Hall–Kier alpha value is -4.08. The van der Waals surface area contributed by atoms with Crippen molar-refractivity contribution in [1.82, 2.24) is 14.9 Å². The predicted octanol–water partition coefficient (Wildman–Crippen LogP) is 0.269. The lowest BCUT2D eigenvalue weighted by molar-refractivity contribution is -0.135. The standard InChI is InChI=1S/C19H15N3O7/c23-12-4-1-9(7-20-12)10-2-3-11-15-17(10)29-6-5-22(15)19(28)14(16(11)26)18(27)21-8-13(24)25/h1-4,7,26H,5-6,8H2,(H,20,23)(H,21,27)(H,24,25). The van der Waals surface area contributed by atoms with Crippen LogP contribution in [-0.4, -0.2) is 44.8 Å². The van der Waals surface area contributed by atoms with Crippen LogP contribution < -0.4 is 21.2 Å². The van der Waals surface area contributed by atoms with Gasteiger partial charge in [-0.05, 0) is 18.2 Å². The molecule has 4 N–H and O–H groups in total. The van der Waals surface area contributed by atoms with E-state index in [1.54, 1.807) is 12.1 Å². The number of nitrogens with one attached hydrogen (secondary N) is 2. The zero-order valence-corrected chi connectivity index (χ0v) is 14.9. The summed E-state index contributed by atoms with van der Waals surface area (Å²) < 4.78 is 7.08. The molecule has 1 aliphatic heterocycles. The van der Waals surface area contributed by atoms with Crippen molar-refractivity contribution < 1.29 is 24.5 Å². The van der Waals surface area contributed by atoms with Crippen molar-refractivity contribution in [2.75, 3.05) is 13.2 Å². The van der Waals surface area contributed by atoms with E-state index in [0.29, 0.717) is 22.4 Å². The Labute approximate surface area is 162 Å². The van der Waals surface area contributed by atoms with Gasteiger partial charge in [0.25, 0.3) is 11.5 Å². The fourth-order valence-electron chi connectivity index (χ4n) is 3.36. The van der Waals surface area contributed by atoms with Crippen LogP contribution in [0.2, 0.25) is 0 Å². The number of aromatic nitrogens is 2. The second-order valence-electron chi connectivity index (χ2n) is 6.39. The molecule has 0 fully saturated rings. The third-order valence-corrected chi connectivity index (χ3v) is 4.64. The first-order chi connectivity index (χ1) is 13.9. The molecule has 0 aliphatic carbocycles. The lowest BCUT2D eigenvalue weighted by atomic mass is 10.0. The van der Waals surface area contributed by atoms with E-state index in [1.165, 1.54) is 22.9 Å². The van der Waals surface area contributed by atoms with E-state index in [2.05, 4.69) is 10.3 Å². The van der Waals surface area contributed by atoms with E-state index >= 15 is 0 Å². The van der Waals surface area contributed by atoms with Crippen LogP contribution in [0.15, 0.2) is 40.1 Å². The smallest absolute Gasteiger partial charge is 0.322 e. The number of rotatable bonds is 4. The van der Waals surface area contributed by atoms with Crippen molar-refractivity contribution in [2.45, 2.75) is 6.54 Å². The van der Waals surface area contributed by atoms with E-state index in [9.17, 15) is 24.3 Å². The van der Waals surface area contributed by atoms with Crippen molar-refractivity contribution in [3.8, 4) is 22.6 Å². The van der Waals surface area contributed by atoms with Crippen molar-refractivity contribution in [2.24, 2.45) is 0 Å². The number of ether oxygens (including phenoxy) is 1. The Morgan fingerprint density at radius 2 is 2.00 bits per heavy atom. The van der Waals surface area contributed by atoms with Gasteiger partial charge in [-0.25, -0.2) is 0 Å². The first kappa shape index (κ1) is 18.3. The molecule has 148 valence electrons. The van der Waals surface area contributed by atoms with Gasteiger partial charge < -0.3 is 29.8 Å². The molecule has 0 saturated carbocycles. The average molecular weight is 397 g/mol. The van der Waals surface area contributed by atoms with Gasteiger partial charge in [-0.15, -0.1) is 0 Å². The van der Waals surface area contributed by atoms with Gasteiger partial charge in [0.2, 0.25) is 5.56 Å². The molecule has 4 rings (SSSR count). The van der Waals surface area contributed by atoms with Gasteiger partial charge in [0, 0.05) is 28.8 Å². The number of carbonyl (C=O) groups excluding carboxylic acids is 1. The van der Waals surface area contributed by atoms with Crippen molar-refractivity contribution in [3.63, 3.8) is 0 Å². The molecule has 0 unspecified atom stereocenters. The summed E-state index contributed by atoms with van der Waals surface area (Å²) in [6.45, 7) is -0.379. The number of benzene rings is 1. The molecule has 29 heavy (non-hydrogen) atoms. The highest BCUT2D eigenvalue weighted by Crippen LogP contribution is 2.41. The number of hydrogen-bond acceptors (Lipinski definition) is 6. The van der Waals surface area contributed by atoms with Crippen molar-refractivity contribution in [1.29, 1.82) is 0 Å². The highest BCUT2D eigenvalue weighted by Gasteiger charge is 2.27. The molecular weight excluding hydrogens is 382 g/mol. The topological polar surface area (TPSA) is 151 Å². The summed E-state index contributed by atoms with van der Waals surface area (Å²) in [5.41, 5.74) is 0.0200. The van der Waals surface area contributed by atoms with Crippen LogP contribution in [-0.2, 0) is 11.3 Å². The normalized spacial score (nSPS) is 12.4. The second-order valence-corrected chi connectivity index (χ2v) is 6.39. The molecule has 3 aromatic rings. The average Bonchev–Trinajstić information content (AvgIpc) is 2.71. The molecule has 2 aromatic heterocycles. The Balaban J connectivity index is 1.95. The molecule has 0 atom stereocenters. The zero-order valence-electron chi connectivity index (χ0n) is 14.9. The van der Waals surface area contributed by atoms with Crippen LogP contribution in [0, 0.1) is 0 Å². The quantitative estimate of drug-likeness (QED) is 0.493. The number of aromatic amines is 1. The fraction of sp³-hybridized carbons (Fsp3) is 0.158. The van der Waals surface area contributed by atoms with E-state index < -0.39 is 35.3 Å². The maximum atomic E-state index is 12.9. The molecule has 3 heterocycles. The minimum Gasteiger partial charge on any atom is -0.506 e. The van der Waals surface area contributed by atoms with E-state index in [-0.39, 0.29) is 24.1 Å². The Bertz CT molecular complexity index is 1270. The molecule has 0 bridgehead atoms. The lowest BCUT2D eigenvalue weighted by Crippen LogP contribution is -2.37. The molecular formula is C19H15N3O7. The van der Waals surface area contributed by atoms with Gasteiger partial charge in [-0.3, -0.25) is 19.2 Å². The Kier molecular flexibility index (Phi) is 4.30. The van der Waals surface area contributed by atoms with Gasteiger partial charge >= 0.3 is 5.97 Å². The maximum Gasteiger partial charge on any atom is 0.322 e. The number of aliphatic carboxylic acids is 1. The molecule has 1 amide bonds. The summed E-state index contributed by atoms with van der Waals surface area (Å²) in [5.74, 6) is -2.46. The minimum atomic E-state index is -1.28. The third-order valence-electron chi connectivity index (χ3n) is 4.64. The SMILES string of the molecule is O=C(O)CNC(=O)c1c(O)c2ccc(-c3ccc(=O)[nH]c3)c3c2n(c1=O)CCO3. The van der Waals surface area contributed by atoms with Crippen molar-refractivity contribution in [3.05, 3.63) is 56.7 Å². The number of carboxylic acid groups (broad SMARTS) is 1.